The van der Waals surface area contributed by atoms with Gasteiger partial charge in [-0.25, -0.2) is 9.13 Å². The van der Waals surface area contributed by atoms with Crippen LogP contribution in [0.5, 0.6) is 0 Å². The van der Waals surface area contributed by atoms with E-state index < -0.39 is 97.5 Å². The van der Waals surface area contributed by atoms with Crippen LogP contribution in [0.4, 0.5) is 0 Å². The molecule has 3 N–H and O–H groups in total. The van der Waals surface area contributed by atoms with Crippen molar-refractivity contribution in [2.24, 2.45) is 23.7 Å². The van der Waals surface area contributed by atoms with Crippen LogP contribution >= 0.6 is 15.6 Å². The van der Waals surface area contributed by atoms with Gasteiger partial charge in [0.05, 0.1) is 26.4 Å². The molecule has 0 amide bonds. The van der Waals surface area contributed by atoms with E-state index in [1.807, 2.05) is 0 Å². The maximum absolute atomic E-state index is 13.1. The zero-order valence-corrected chi connectivity index (χ0v) is 65.5. The first-order valence-corrected chi connectivity index (χ1v) is 43.2. The van der Waals surface area contributed by atoms with E-state index in [-0.39, 0.29) is 25.7 Å². The average molecular weight is 1420 g/mol. The Balaban J connectivity index is 5.23. The molecular formula is C78H152O17P2. The summed E-state index contributed by atoms with van der Waals surface area (Å²) in [5.74, 6) is 0.929. The van der Waals surface area contributed by atoms with Gasteiger partial charge in [-0.2, -0.15) is 0 Å². The summed E-state index contributed by atoms with van der Waals surface area (Å²) in [7, 11) is -9.92. The Morgan fingerprint density at radius 3 is 0.639 bits per heavy atom. The Morgan fingerprint density at radius 1 is 0.258 bits per heavy atom. The molecule has 17 nitrogen and oxygen atoms in total. The van der Waals surface area contributed by atoms with Gasteiger partial charge in [0, 0.05) is 25.7 Å². The summed E-state index contributed by atoms with van der Waals surface area (Å²) in [6.07, 6.45) is 52.8. The molecule has 0 rings (SSSR count). The number of ether oxygens (including phenoxy) is 4. The molecule has 0 bridgehead atoms. The highest BCUT2D eigenvalue weighted by Gasteiger charge is 2.30. The van der Waals surface area contributed by atoms with Gasteiger partial charge in [0.2, 0.25) is 0 Å². The molecule has 3 unspecified atom stereocenters. The van der Waals surface area contributed by atoms with Crippen LogP contribution in [0.3, 0.4) is 0 Å². The number of aliphatic hydroxyl groups excluding tert-OH is 1. The van der Waals surface area contributed by atoms with Crippen molar-refractivity contribution in [3.8, 4) is 0 Å². The molecule has 97 heavy (non-hydrogen) atoms. The van der Waals surface area contributed by atoms with E-state index in [0.717, 1.165) is 114 Å². The number of rotatable bonds is 75. The molecule has 0 aromatic rings. The second-order valence-electron chi connectivity index (χ2n) is 30.0. The fourth-order valence-corrected chi connectivity index (χ4v) is 13.5. The van der Waals surface area contributed by atoms with Crippen molar-refractivity contribution >= 4 is 39.5 Å². The summed E-state index contributed by atoms with van der Waals surface area (Å²) in [6, 6.07) is 0. The van der Waals surface area contributed by atoms with Crippen LogP contribution in [0.1, 0.15) is 396 Å². The number of carbonyl (C=O) groups is 4. The first-order chi connectivity index (χ1) is 46.6. The molecule has 0 aliphatic rings. The van der Waals surface area contributed by atoms with Crippen LogP contribution in [0.25, 0.3) is 0 Å². The number of hydrogen-bond acceptors (Lipinski definition) is 15. The zero-order valence-electron chi connectivity index (χ0n) is 63.7. The van der Waals surface area contributed by atoms with Gasteiger partial charge in [0.15, 0.2) is 12.2 Å². The molecule has 0 fully saturated rings. The number of esters is 4. The van der Waals surface area contributed by atoms with Gasteiger partial charge >= 0.3 is 39.5 Å². The second kappa shape index (κ2) is 67.2. The van der Waals surface area contributed by atoms with Gasteiger partial charge in [-0.05, 0) is 49.4 Å². The Kier molecular flexibility index (Phi) is 65.9. The highest BCUT2D eigenvalue weighted by molar-refractivity contribution is 7.47. The first kappa shape index (κ1) is 95.1. The van der Waals surface area contributed by atoms with Crippen molar-refractivity contribution in [3.63, 3.8) is 0 Å². The number of phosphoric acid groups is 2. The average Bonchev–Trinajstić information content (AvgIpc) is 1.28. The largest absolute Gasteiger partial charge is 0.472 e. The Bertz CT molecular complexity index is 1900. The lowest BCUT2D eigenvalue weighted by Crippen LogP contribution is -2.30. The number of phosphoric ester groups is 2. The molecule has 0 aromatic carbocycles. The van der Waals surface area contributed by atoms with Crippen LogP contribution in [0, 0.1) is 23.7 Å². The molecule has 0 saturated carbocycles. The maximum atomic E-state index is 13.1. The van der Waals surface area contributed by atoms with E-state index in [1.165, 1.54) is 193 Å². The van der Waals surface area contributed by atoms with E-state index in [9.17, 15) is 43.2 Å². The highest BCUT2D eigenvalue weighted by Crippen LogP contribution is 2.45. The number of aliphatic hydroxyl groups is 1. The molecule has 0 heterocycles. The lowest BCUT2D eigenvalue weighted by atomic mass is 10.0. The van der Waals surface area contributed by atoms with Crippen LogP contribution in [0.15, 0.2) is 0 Å². The molecule has 0 aliphatic carbocycles. The third kappa shape index (κ3) is 72.2. The highest BCUT2D eigenvalue weighted by atomic mass is 31.2. The Morgan fingerprint density at radius 2 is 0.433 bits per heavy atom. The molecule has 0 aromatic heterocycles. The normalized spacial score (nSPS) is 14.1. The Hall–Kier alpha value is -1.94. The summed E-state index contributed by atoms with van der Waals surface area (Å²) in [5.41, 5.74) is 0. The third-order valence-electron chi connectivity index (χ3n) is 18.1. The monoisotopic (exact) mass is 1420 g/mol. The minimum atomic E-state index is -4.96. The van der Waals surface area contributed by atoms with Crippen molar-refractivity contribution in [2.75, 3.05) is 39.6 Å². The minimum Gasteiger partial charge on any atom is -0.462 e. The lowest BCUT2D eigenvalue weighted by Gasteiger charge is -2.21. The molecule has 5 atom stereocenters. The summed E-state index contributed by atoms with van der Waals surface area (Å²) < 4.78 is 68.6. The predicted octanol–water partition coefficient (Wildman–Crippen LogP) is 22.8. The van der Waals surface area contributed by atoms with Crippen molar-refractivity contribution in [1.29, 1.82) is 0 Å². The van der Waals surface area contributed by atoms with Gasteiger partial charge < -0.3 is 33.8 Å². The van der Waals surface area contributed by atoms with E-state index in [2.05, 4.69) is 55.4 Å². The summed E-state index contributed by atoms with van der Waals surface area (Å²) in [5, 5.41) is 10.6. The van der Waals surface area contributed by atoms with Gasteiger partial charge in [-0.3, -0.25) is 37.3 Å². The van der Waals surface area contributed by atoms with Crippen LogP contribution < -0.4 is 0 Å². The fourth-order valence-electron chi connectivity index (χ4n) is 11.9. The fraction of sp³-hybridized carbons (Fsp3) is 0.949. The molecule has 0 radical (unpaired) electrons. The lowest BCUT2D eigenvalue weighted by molar-refractivity contribution is -0.161. The molecule has 19 heteroatoms. The predicted molar refractivity (Wildman–Crippen MR) is 395 cm³/mol. The first-order valence-electron chi connectivity index (χ1n) is 40.2. The van der Waals surface area contributed by atoms with E-state index >= 15 is 0 Å². The van der Waals surface area contributed by atoms with Gasteiger partial charge in [0.1, 0.15) is 19.3 Å². The van der Waals surface area contributed by atoms with Gasteiger partial charge in [-0.15, -0.1) is 0 Å². The number of carbonyl (C=O) groups excluding carboxylic acids is 4. The molecule has 0 saturated heterocycles. The summed E-state index contributed by atoms with van der Waals surface area (Å²) in [6.45, 7) is 14.2. The number of hydrogen-bond donors (Lipinski definition) is 3. The van der Waals surface area contributed by atoms with Crippen LogP contribution in [-0.2, 0) is 65.4 Å². The topological polar surface area (TPSA) is 237 Å². The Labute approximate surface area is 594 Å². The van der Waals surface area contributed by atoms with Crippen LogP contribution in [-0.4, -0.2) is 96.7 Å². The quantitative estimate of drug-likeness (QED) is 0.0222. The summed E-state index contributed by atoms with van der Waals surface area (Å²) in [4.78, 5) is 72.9. The molecule has 0 spiro atoms. The van der Waals surface area contributed by atoms with E-state index in [0.29, 0.717) is 31.6 Å². The number of unbranched alkanes of at least 4 members (excludes halogenated alkanes) is 41. The van der Waals surface area contributed by atoms with Crippen molar-refractivity contribution in [2.45, 2.75) is 414 Å². The zero-order chi connectivity index (χ0) is 71.7. The standard InChI is InChI=1S/C78H152O17P2/c1-68(2)54-46-38-30-23-17-13-11-9-10-12-14-20-26-34-42-50-58-75(80)88-64-73(94-77(82)60-52-44-35-27-21-15-18-24-31-39-47-55-69(3)4)66-92-96(84,85)90-62-72(79)63-91-97(86,87)93-67-74(65-89-76(81)59-51-43-37-29-33-41-49-57-71(7)8)95-78(83)61-53-45-36-28-22-16-19-25-32-40-48-56-70(5)6/h68-74,79H,9-67H2,1-8H3,(H,84,85)(H,86,87)/t72?,73-,74-/m1/s1. The van der Waals surface area contributed by atoms with Crippen molar-refractivity contribution in [3.05, 3.63) is 0 Å². The third-order valence-corrected chi connectivity index (χ3v) is 20.0. The molecule has 0 aliphatic heterocycles. The van der Waals surface area contributed by atoms with E-state index in [1.54, 1.807) is 0 Å². The van der Waals surface area contributed by atoms with Gasteiger partial charge in [-0.1, -0.05) is 344 Å². The second-order valence-corrected chi connectivity index (χ2v) is 32.9. The van der Waals surface area contributed by atoms with Crippen molar-refractivity contribution in [1.82, 2.24) is 0 Å². The van der Waals surface area contributed by atoms with Crippen LogP contribution in [0.2, 0.25) is 0 Å². The minimum absolute atomic E-state index is 0.105. The summed E-state index contributed by atoms with van der Waals surface area (Å²) >= 11 is 0. The SMILES string of the molecule is CC(C)CCCCCCCCCCCCCCCCCCC(=O)OC[C@H](COP(=O)(O)OCC(O)COP(=O)(O)OC[C@@H](COC(=O)CCCCCCCCCC(C)C)OC(=O)CCCCCCCCCCCCCC(C)C)OC(=O)CCCCCCCCCCCCCC(C)C. The van der Waals surface area contributed by atoms with Gasteiger partial charge in [0.25, 0.3) is 0 Å². The smallest absolute Gasteiger partial charge is 0.462 e. The molecular weight excluding hydrogens is 1270 g/mol. The van der Waals surface area contributed by atoms with E-state index in [4.69, 9.17) is 37.0 Å². The molecule has 576 valence electrons. The van der Waals surface area contributed by atoms with Crippen molar-refractivity contribution < 1.29 is 80.2 Å². The maximum Gasteiger partial charge on any atom is 0.472 e.